The molecule has 0 spiro atoms. The van der Waals surface area contributed by atoms with Gasteiger partial charge in [-0.1, -0.05) is 37.3 Å². The number of anilines is 1. The smallest absolute Gasteiger partial charge is 0.343 e. The molecule has 0 N–H and O–H groups in total. The van der Waals surface area contributed by atoms with E-state index >= 15 is 0 Å². The van der Waals surface area contributed by atoms with Crippen LogP contribution in [-0.4, -0.2) is 17.8 Å². The average Bonchev–Trinajstić information content (AvgIpc) is 3.24. The number of benzene rings is 4. The van der Waals surface area contributed by atoms with Crippen LogP contribution in [-0.2, 0) is 6.42 Å². The molecule has 0 fully saturated rings. The lowest BCUT2D eigenvalue weighted by Gasteiger charge is -2.17. The number of aryl methyl sites for hydroxylation is 3. The van der Waals surface area contributed by atoms with Gasteiger partial charge in [0.2, 0.25) is 11.2 Å². The van der Waals surface area contributed by atoms with Gasteiger partial charge in [-0.25, -0.2) is 9.69 Å². The number of nitrogens with zero attached hydrogens (tertiary/aromatic N) is 1. The summed E-state index contributed by atoms with van der Waals surface area (Å²) in [5, 5.41) is 0.259. The third-order valence-electron chi connectivity index (χ3n) is 7.23. The topological polar surface area (TPSA) is 103 Å². The van der Waals surface area contributed by atoms with Gasteiger partial charge < -0.3 is 13.9 Å². The SMILES string of the molecule is CCc1ccccc1Oc1coc2cc(OC(=O)c3ccc4c(c3)C(=O)N(c3cc(C)ccc3C)C4=O)ccc2c1=O. The van der Waals surface area contributed by atoms with Crippen molar-refractivity contribution in [3.63, 3.8) is 0 Å². The van der Waals surface area contributed by atoms with E-state index < -0.39 is 17.8 Å². The molecular formula is C34H25NO7. The minimum atomic E-state index is -0.735. The molecule has 208 valence electrons. The number of hydrogen-bond donors (Lipinski definition) is 0. The molecule has 2 heterocycles. The summed E-state index contributed by atoms with van der Waals surface area (Å²) >= 11 is 0. The van der Waals surface area contributed by atoms with Crippen molar-refractivity contribution >= 4 is 34.4 Å². The maximum atomic E-state index is 13.3. The van der Waals surface area contributed by atoms with Crippen molar-refractivity contribution in [2.24, 2.45) is 0 Å². The number of imide groups is 1. The number of para-hydroxylation sites is 1. The first kappa shape index (κ1) is 26.7. The van der Waals surface area contributed by atoms with E-state index in [9.17, 15) is 19.2 Å². The highest BCUT2D eigenvalue weighted by molar-refractivity contribution is 6.35. The van der Waals surface area contributed by atoms with Crippen LogP contribution in [0.3, 0.4) is 0 Å². The van der Waals surface area contributed by atoms with Gasteiger partial charge in [-0.15, -0.1) is 0 Å². The quantitative estimate of drug-likeness (QED) is 0.128. The highest BCUT2D eigenvalue weighted by atomic mass is 16.5. The van der Waals surface area contributed by atoms with Crippen molar-refractivity contribution in [3.8, 4) is 17.2 Å². The second-order valence-corrected chi connectivity index (χ2v) is 10.0. The molecule has 8 nitrogen and oxygen atoms in total. The summed E-state index contributed by atoms with van der Waals surface area (Å²) in [6.45, 7) is 5.70. The molecule has 0 unspecified atom stereocenters. The predicted octanol–water partition coefficient (Wildman–Crippen LogP) is 6.78. The van der Waals surface area contributed by atoms with Crippen LogP contribution in [0.4, 0.5) is 5.69 Å². The fourth-order valence-corrected chi connectivity index (χ4v) is 4.95. The molecule has 0 atom stereocenters. The molecule has 4 aromatic carbocycles. The fourth-order valence-electron chi connectivity index (χ4n) is 4.95. The van der Waals surface area contributed by atoms with Crippen molar-refractivity contribution in [1.29, 1.82) is 0 Å². The predicted molar refractivity (Wildman–Crippen MR) is 157 cm³/mol. The zero-order chi connectivity index (χ0) is 29.5. The first-order valence-corrected chi connectivity index (χ1v) is 13.4. The number of fused-ring (bicyclic) bond motifs is 2. The van der Waals surface area contributed by atoms with Crippen molar-refractivity contribution in [3.05, 3.63) is 129 Å². The Balaban J connectivity index is 1.24. The fraction of sp³-hybridized carbons (Fsp3) is 0.118. The van der Waals surface area contributed by atoms with Crippen LogP contribution in [0.5, 0.6) is 17.2 Å². The van der Waals surface area contributed by atoms with E-state index in [0.29, 0.717) is 11.4 Å². The first-order valence-electron chi connectivity index (χ1n) is 13.4. The molecular weight excluding hydrogens is 534 g/mol. The van der Waals surface area contributed by atoms with Gasteiger partial charge in [0.25, 0.3) is 11.8 Å². The summed E-state index contributed by atoms with van der Waals surface area (Å²) in [7, 11) is 0. The molecule has 1 aromatic heterocycles. The summed E-state index contributed by atoms with van der Waals surface area (Å²) in [5.41, 5.74) is 3.42. The molecule has 0 aliphatic carbocycles. The molecule has 0 bridgehead atoms. The van der Waals surface area contributed by atoms with Crippen molar-refractivity contribution in [1.82, 2.24) is 0 Å². The van der Waals surface area contributed by atoms with Crippen LogP contribution >= 0.6 is 0 Å². The number of esters is 1. The van der Waals surface area contributed by atoms with E-state index in [2.05, 4.69) is 0 Å². The van der Waals surface area contributed by atoms with Crippen molar-refractivity contribution < 1.29 is 28.3 Å². The Labute approximate surface area is 240 Å². The van der Waals surface area contributed by atoms with Crippen molar-refractivity contribution in [2.45, 2.75) is 27.2 Å². The van der Waals surface area contributed by atoms with Crippen LogP contribution in [0.15, 0.2) is 94.3 Å². The molecule has 2 amide bonds. The second kappa shape index (κ2) is 10.5. The number of hydrogen-bond acceptors (Lipinski definition) is 7. The van der Waals surface area contributed by atoms with Gasteiger partial charge in [-0.05, 0) is 79.4 Å². The van der Waals surface area contributed by atoms with Gasteiger partial charge in [0.15, 0.2) is 0 Å². The summed E-state index contributed by atoms with van der Waals surface area (Å²) in [5.74, 6) is -0.939. The van der Waals surface area contributed by atoms with Crippen LogP contribution in [0.1, 0.15) is 54.7 Å². The van der Waals surface area contributed by atoms with E-state index in [1.165, 1.54) is 42.7 Å². The van der Waals surface area contributed by atoms with Crippen LogP contribution < -0.4 is 19.8 Å². The Kier molecular flexibility index (Phi) is 6.66. The highest BCUT2D eigenvalue weighted by Gasteiger charge is 2.38. The number of carbonyl (C=O) groups excluding carboxylic acids is 3. The molecule has 1 aliphatic rings. The van der Waals surface area contributed by atoms with E-state index in [4.69, 9.17) is 13.9 Å². The lowest BCUT2D eigenvalue weighted by Crippen LogP contribution is -2.30. The number of rotatable bonds is 6. The van der Waals surface area contributed by atoms with E-state index in [1.807, 2.05) is 51.1 Å². The number of ether oxygens (including phenoxy) is 2. The summed E-state index contributed by atoms with van der Waals surface area (Å²) < 4.78 is 17.0. The minimum Gasteiger partial charge on any atom is -0.460 e. The maximum Gasteiger partial charge on any atom is 0.343 e. The number of carbonyl (C=O) groups is 3. The Morgan fingerprint density at radius 2 is 1.62 bits per heavy atom. The van der Waals surface area contributed by atoms with E-state index in [0.717, 1.165) is 28.0 Å². The third kappa shape index (κ3) is 4.62. The minimum absolute atomic E-state index is 0.0420. The molecule has 0 radical (unpaired) electrons. The summed E-state index contributed by atoms with van der Waals surface area (Å²) in [6.07, 6.45) is 1.97. The normalized spacial score (nSPS) is 12.5. The molecule has 1 aliphatic heterocycles. The van der Waals surface area contributed by atoms with Gasteiger partial charge in [0.1, 0.15) is 23.3 Å². The molecule has 0 saturated heterocycles. The Morgan fingerprint density at radius 1 is 0.833 bits per heavy atom. The number of amides is 2. The zero-order valence-electron chi connectivity index (χ0n) is 23.1. The lowest BCUT2D eigenvalue weighted by atomic mass is 10.1. The summed E-state index contributed by atoms with van der Waals surface area (Å²) in [6, 6.07) is 21.6. The molecule has 42 heavy (non-hydrogen) atoms. The summed E-state index contributed by atoms with van der Waals surface area (Å²) in [4.78, 5) is 53.6. The zero-order valence-corrected chi connectivity index (χ0v) is 23.1. The monoisotopic (exact) mass is 559 g/mol. The van der Waals surface area contributed by atoms with Crippen LogP contribution in [0.25, 0.3) is 11.0 Å². The van der Waals surface area contributed by atoms with Gasteiger partial charge in [-0.2, -0.15) is 0 Å². The average molecular weight is 560 g/mol. The van der Waals surface area contributed by atoms with Crippen LogP contribution in [0, 0.1) is 13.8 Å². The van der Waals surface area contributed by atoms with Crippen molar-refractivity contribution in [2.75, 3.05) is 4.90 Å². The molecule has 5 aromatic rings. The molecule has 8 heteroatoms. The Bertz CT molecular complexity index is 1990. The maximum absolute atomic E-state index is 13.3. The van der Waals surface area contributed by atoms with Crippen LogP contribution in [0.2, 0.25) is 0 Å². The Hall–Kier alpha value is -5.50. The lowest BCUT2D eigenvalue weighted by molar-refractivity contribution is 0.0734. The third-order valence-corrected chi connectivity index (χ3v) is 7.23. The van der Waals surface area contributed by atoms with Gasteiger partial charge >= 0.3 is 5.97 Å². The molecule has 6 rings (SSSR count). The standard InChI is InChI=1S/C34H25NO7/c1-4-21-7-5-6-8-28(21)42-30-18-40-29-17-23(12-14-25(29)31(30)36)41-34(39)22-11-13-24-26(16-22)33(38)35(32(24)37)27-15-19(2)9-10-20(27)3/h5-18H,4H2,1-3H3. The van der Waals surface area contributed by atoms with Gasteiger partial charge in [0.05, 0.1) is 27.8 Å². The van der Waals surface area contributed by atoms with Gasteiger partial charge in [-0.3, -0.25) is 14.4 Å². The largest absolute Gasteiger partial charge is 0.460 e. The Morgan fingerprint density at radius 3 is 2.43 bits per heavy atom. The molecule has 0 saturated carbocycles. The second-order valence-electron chi connectivity index (χ2n) is 10.0. The van der Waals surface area contributed by atoms with E-state index in [1.54, 1.807) is 12.1 Å². The highest BCUT2D eigenvalue weighted by Crippen LogP contribution is 2.32. The first-order chi connectivity index (χ1) is 20.2. The van der Waals surface area contributed by atoms with E-state index in [-0.39, 0.29) is 44.6 Å². The van der Waals surface area contributed by atoms with Gasteiger partial charge in [0, 0.05) is 6.07 Å².